The molecule has 2 nitrogen and oxygen atoms in total. The van der Waals surface area contributed by atoms with Gasteiger partial charge >= 0.3 is 0 Å². The predicted molar refractivity (Wildman–Crippen MR) is 83.0 cm³/mol. The van der Waals surface area contributed by atoms with E-state index in [4.69, 9.17) is 4.74 Å². The minimum absolute atomic E-state index is 0.0852. The number of halogens is 1. The summed E-state index contributed by atoms with van der Waals surface area (Å²) in [4.78, 5) is 0. The molecule has 0 radical (unpaired) electrons. The summed E-state index contributed by atoms with van der Waals surface area (Å²) in [5, 5.41) is 10.3. The lowest BCUT2D eigenvalue weighted by molar-refractivity contribution is 0.0656. The van der Waals surface area contributed by atoms with Gasteiger partial charge < -0.3 is 9.84 Å². The molecule has 0 saturated carbocycles. The number of fused-ring (bicyclic) bond motifs is 1. The Morgan fingerprint density at radius 1 is 1.10 bits per heavy atom. The Morgan fingerprint density at radius 2 is 1.90 bits per heavy atom. The first-order valence-corrected chi connectivity index (χ1v) is 7.55. The van der Waals surface area contributed by atoms with Crippen molar-refractivity contribution in [1.29, 1.82) is 0 Å². The van der Waals surface area contributed by atoms with E-state index in [1.165, 1.54) is 11.1 Å². The Hall–Kier alpha value is -1.32. The second-order valence-electron chi connectivity index (χ2n) is 5.38. The van der Waals surface area contributed by atoms with Crippen LogP contribution in [-0.2, 0) is 0 Å². The molecule has 1 N–H and O–H groups in total. The van der Waals surface area contributed by atoms with E-state index in [-0.39, 0.29) is 6.10 Å². The fourth-order valence-corrected chi connectivity index (χ4v) is 2.97. The van der Waals surface area contributed by atoms with Gasteiger partial charge in [0.05, 0.1) is 6.10 Å². The summed E-state index contributed by atoms with van der Waals surface area (Å²) < 4.78 is 7.02. The van der Waals surface area contributed by atoms with Crippen molar-refractivity contribution in [3.63, 3.8) is 0 Å². The van der Waals surface area contributed by atoms with Crippen LogP contribution < -0.4 is 4.74 Å². The van der Waals surface area contributed by atoms with E-state index in [1.807, 2.05) is 18.2 Å². The lowest BCUT2D eigenvalue weighted by atomic mass is 9.93. The molecule has 0 amide bonds. The van der Waals surface area contributed by atoms with Crippen LogP contribution in [0.1, 0.15) is 40.9 Å². The number of rotatable bonds is 1. The lowest BCUT2D eigenvalue weighted by Gasteiger charge is -2.30. The topological polar surface area (TPSA) is 29.5 Å². The first-order chi connectivity index (χ1) is 9.54. The molecule has 0 fully saturated rings. The van der Waals surface area contributed by atoms with Crippen LogP contribution in [0.15, 0.2) is 40.9 Å². The van der Waals surface area contributed by atoms with Crippen molar-refractivity contribution < 1.29 is 9.84 Å². The molecule has 0 aromatic heterocycles. The van der Waals surface area contributed by atoms with Gasteiger partial charge in [-0.25, -0.2) is 0 Å². The van der Waals surface area contributed by atoms with Gasteiger partial charge in [-0.15, -0.1) is 0 Å². The van der Waals surface area contributed by atoms with Crippen LogP contribution in [0.25, 0.3) is 0 Å². The van der Waals surface area contributed by atoms with Gasteiger partial charge in [0.15, 0.2) is 0 Å². The standard InChI is InChI=1S/C17H17BrO2/c1-10-3-4-12(7-11(10)2)17-9-15(19)14-8-13(18)5-6-16(14)20-17/h3-8,15,17,19H,9H2,1-2H3/t15-,17?/m0/s1. The molecule has 3 heteroatoms. The molecule has 1 aliphatic heterocycles. The molecular weight excluding hydrogens is 316 g/mol. The normalized spacial score (nSPS) is 21.2. The lowest BCUT2D eigenvalue weighted by Crippen LogP contribution is -2.19. The predicted octanol–water partition coefficient (Wildman–Crippen LogP) is 4.62. The molecule has 20 heavy (non-hydrogen) atoms. The highest BCUT2D eigenvalue weighted by molar-refractivity contribution is 9.10. The number of aliphatic hydroxyl groups excluding tert-OH is 1. The first-order valence-electron chi connectivity index (χ1n) is 6.76. The SMILES string of the molecule is Cc1ccc(C2C[C@H](O)c3cc(Br)ccc3O2)cc1C. The number of aryl methyl sites for hydroxylation is 2. The molecule has 3 rings (SSSR count). The van der Waals surface area contributed by atoms with E-state index in [9.17, 15) is 5.11 Å². The first kappa shape index (κ1) is 13.7. The highest BCUT2D eigenvalue weighted by Gasteiger charge is 2.28. The molecular formula is C17H17BrO2. The van der Waals surface area contributed by atoms with E-state index in [2.05, 4.69) is 48.0 Å². The highest BCUT2D eigenvalue weighted by atomic mass is 79.9. The van der Waals surface area contributed by atoms with E-state index in [0.29, 0.717) is 6.42 Å². The van der Waals surface area contributed by atoms with Gasteiger partial charge in [-0.2, -0.15) is 0 Å². The Kier molecular flexibility index (Phi) is 3.57. The third-order valence-electron chi connectivity index (χ3n) is 3.94. The van der Waals surface area contributed by atoms with Gasteiger partial charge in [0, 0.05) is 16.5 Å². The maximum absolute atomic E-state index is 10.3. The molecule has 0 aliphatic carbocycles. The fourth-order valence-electron chi connectivity index (χ4n) is 2.59. The van der Waals surface area contributed by atoms with Gasteiger partial charge in [0.2, 0.25) is 0 Å². The molecule has 104 valence electrons. The molecule has 2 atom stereocenters. The average molecular weight is 333 g/mol. The zero-order valence-electron chi connectivity index (χ0n) is 11.6. The monoisotopic (exact) mass is 332 g/mol. The molecule has 2 aromatic rings. The van der Waals surface area contributed by atoms with Crippen LogP contribution >= 0.6 is 15.9 Å². The van der Waals surface area contributed by atoms with Crippen LogP contribution in [0.5, 0.6) is 5.75 Å². The average Bonchev–Trinajstić information content (AvgIpc) is 2.42. The largest absolute Gasteiger partial charge is 0.485 e. The summed E-state index contributed by atoms with van der Waals surface area (Å²) in [6.07, 6.45) is 0.0206. The van der Waals surface area contributed by atoms with Crippen LogP contribution in [0.2, 0.25) is 0 Å². The number of ether oxygens (including phenoxy) is 1. The van der Waals surface area contributed by atoms with E-state index in [0.717, 1.165) is 21.3 Å². The van der Waals surface area contributed by atoms with Crippen molar-refractivity contribution in [2.75, 3.05) is 0 Å². The Balaban J connectivity index is 1.94. The molecule has 0 saturated heterocycles. The second kappa shape index (κ2) is 5.23. The second-order valence-corrected chi connectivity index (χ2v) is 6.30. The van der Waals surface area contributed by atoms with Crippen LogP contribution in [0.4, 0.5) is 0 Å². The van der Waals surface area contributed by atoms with Gasteiger partial charge in [-0.3, -0.25) is 0 Å². The molecule has 1 heterocycles. The van der Waals surface area contributed by atoms with Gasteiger partial charge in [0.1, 0.15) is 11.9 Å². The quantitative estimate of drug-likeness (QED) is 0.825. The van der Waals surface area contributed by atoms with Crippen LogP contribution in [-0.4, -0.2) is 5.11 Å². The molecule has 0 bridgehead atoms. The summed E-state index contributed by atoms with van der Waals surface area (Å²) in [7, 11) is 0. The van der Waals surface area contributed by atoms with Crippen molar-refractivity contribution in [3.8, 4) is 5.75 Å². The minimum atomic E-state index is -0.483. The molecule has 0 spiro atoms. The van der Waals surface area contributed by atoms with Gasteiger partial charge in [-0.05, 0) is 48.7 Å². The smallest absolute Gasteiger partial charge is 0.127 e. The Labute approximate surface area is 127 Å². The van der Waals surface area contributed by atoms with Gasteiger partial charge in [-0.1, -0.05) is 34.1 Å². The third-order valence-corrected chi connectivity index (χ3v) is 4.43. The maximum Gasteiger partial charge on any atom is 0.127 e. The van der Waals surface area contributed by atoms with Crippen molar-refractivity contribution in [3.05, 3.63) is 63.1 Å². The summed E-state index contributed by atoms with van der Waals surface area (Å²) in [6, 6.07) is 12.1. The van der Waals surface area contributed by atoms with Crippen molar-refractivity contribution >= 4 is 15.9 Å². The molecule has 1 aliphatic rings. The third kappa shape index (κ3) is 2.48. The number of aliphatic hydroxyl groups is 1. The number of hydrogen-bond acceptors (Lipinski definition) is 2. The van der Waals surface area contributed by atoms with Crippen LogP contribution in [0.3, 0.4) is 0 Å². The van der Waals surface area contributed by atoms with E-state index >= 15 is 0 Å². The Bertz CT molecular complexity index is 651. The van der Waals surface area contributed by atoms with Crippen molar-refractivity contribution in [1.82, 2.24) is 0 Å². The minimum Gasteiger partial charge on any atom is -0.485 e. The molecule has 2 aromatic carbocycles. The van der Waals surface area contributed by atoms with Crippen LogP contribution in [0, 0.1) is 13.8 Å². The number of benzene rings is 2. The zero-order chi connectivity index (χ0) is 14.3. The fraction of sp³-hybridized carbons (Fsp3) is 0.294. The zero-order valence-corrected chi connectivity index (χ0v) is 13.1. The Morgan fingerprint density at radius 3 is 2.65 bits per heavy atom. The van der Waals surface area contributed by atoms with E-state index < -0.39 is 6.10 Å². The van der Waals surface area contributed by atoms with Crippen molar-refractivity contribution in [2.24, 2.45) is 0 Å². The number of hydrogen-bond donors (Lipinski definition) is 1. The van der Waals surface area contributed by atoms with E-state index in [1.54, 1.807) is 0 Å². The summed E-state index contributed by atoms with van der Waals surface area (Å²) in [6.45, 7) is 4.20. The highest BCUT2D eigenvalue weighted by Crippen LogP contribution is 2.41. The molecule has 1 unspecified atom stereocenters. The summed E-state index contributed by atoms with van der Waals surface area (Å²) in [5.41, 5.74) is 4.51. The van der Waals surface area contributed by atoms with Gasteiger partial charge in [0.25, 0.3) is 0 Å². The van der Waals surface area contributed by atoms with Crippen molar-refractivity contribution in [2.45, 2.75) is 32.5 Å². The summed E-state index contributed by atoms with van der Waals surface area (Å²) >= 11 is 3.43. The summed E-state index contributed by atoms with van der Waals surface area (Å²) in [5.74, 6) is 0.773. The maximum atomic E-state index is 10.3.